The average molecular weight is 642 g/mol. The van der Waals surface area contributed by atoms with Crippen molar-refractivity contribution in [2.45, 2.75) is 77.6 Å². The van der Waals surface area contributed by atoms with Gasteiger partial charge in [-0.25, -0.2) is 4.89 Å². The van der Waals surface area contributed by atoms with E-state index in [4.69, 9.17) is 0 Å². The second-order valence-electron chi connectivity index (χ2n) is 6.32. The molecule has 0 spiro atoms. The fraction of sp³-hybridized carbons (Fsp3) is 0.867. The Morgan fingerprint density at radius 2 is 0.595 bits per heavy atom. The molecule has 0 unspecified atom stereocenters. The normalized spacial score (nSPS) is 11.4. The van der Waals surface area contributed by atoms with Crippen LogP contribution in [0.15, 0.2) is 12.8 Å². The summed E-state index contributed by atoms with van der Waals surface area (Å²) in [6, 6.07) is 0. The first-order chi connectivity index (χ1) is 20.9. The molecule has 27 nitrogen and oxygen atoms in total. The molecule has 0 aliphatic rings. The van der Waals surface area contributed by atoms with Crippen LogP contribution in [-0.4, -0.2) is 6.61 Å². The Morgan fingerprint density at radius 1 is 0.333 bits per heavy atom. The van der Waals surface area contributed by atoms with Crippen molar-refractivity contribution in [2.75, 3.05) is 6.61 Å². The molecule has 0 heterocycles. The fourth-order valence-electron chi connectivity index (χ4n) is 2.18. The molecule has 0 aliphatic heterocycles. The van der Waals surface area contributed by atoms with Crippen LogP contribution in [0.2, 0.25) is 0 Å². The summed E-state index contributed by atoms with van der Waals surface area (Å²) in [5.74, 6) is 0. The second kappa shape index (κ2) is 39.5. The van der Waals surface area contributed by atoms with Gasteiger partial charge in [0.1, 0.15) is 6.26 Å². The van der Waals surface area contributed by atoms with E-state index in [9.17, 15) is 0 Å². The maximum atomic E-state index is 4.65. The quantitative estimate of drug-likeness (QED) is 0.0401. The van der Waals surface area contributed by atoms with Crippen molar-refractivity contribution in [3.8, 4) is 0 Å². The third kappa shape index (κ3) is 38.5. The molecule has 27 heteroatoms. The zero-order chi connectivity index (χ0) is 30.3. The Kier molecular flexibility index (Phi) is 38.1. The summed E-state index contributed by atoms with van der Waals surface area (Å²) in [6.07, 6.45) is 14.0. The number of unbranched alkanes of at least 4 members (excludes halogenated alkanes) is 10. The minimum atomic E-state index is 0.275. The van der Waals surface area contributed by atoms with E-state index in [0.29, 0.717) is 0 Å². The smallest absolute Gasteiger partial charge is 0.125 e. The predicted molar refractivity (Wildman–Crippen MR) is 101 cm³/mol. The molecular weight excluding hydrogens is 612 g/mol. The number of rotatable bonds is 39. The number of hydrogen-bond donors (Lipinski definition) is 0. The number of hydrogen-bond acceptors (Lipinski definition) is 27. The van der Waals surface area contributed by atoms with Crippen LogP contribution in [0.3, 0.4) is 0 Å². The summed E-state index contributed by atoms with van der Waals surface area (Å²) < 4.78 is 0. The molecule has 0 atom stereocenters. The van der Waals surface area contributed by atoms with Gasteiger partial charge in [-0.2, -0.15) is 0 Å². The van der Waals surface area contributed by atoms with Gasteiger partial charge < -0.3 is 4.89 Å². The lowest BCUT2D eigenvalue weighted by Crippen LogP contribution is -2.06. The second-order valence-corrected chi connectivity index (χ2v) is 6.32. The first-order valence-corrected chi connectivity index (χ1v) is 11.5. The Labute approximate surface area is 233 Å². The van der Waals surface area contributed by atoms with Crippen molar-refractivity contribution in [3.63, 3.8) is 0 Å². The van der Waals surface area contributed by atoms with Crippen molar-refractivity contribution in [3.05, 3.63) is 12.8 Å². The van der Waals surface area contributed by atoms with E-state index in [0.717, 1.165) is 25.5 Å². The molecule has 252 valence electrons. The monoisotopic (exact) mass is 642 g/mol. The lowest BCUT2D eigenvalue weighted by Gasteiger charge is -2.03. The standard InChI is InChI=1S/C15H30O27/c1-3-5-6-7-8-9-10-11-12-13-14-15-17-19-21-23-25-27-29-31-33-35-37-39-41-42-40-38-36-34-32-30-28-26-24-22-20-18-16-4-2/h4H,2-3,5-15H2,1H3. The zero-order valence-electron chi connectivity index (χ0n) is 21.8. The average Bonchev–Trinajstić information content (AvgIpc) is 3.00. The van der Waals surface area contributed by atoms with E-state index in [1.807, 2.05) is 0 Å². The molecular formula is C15H30O27. The summed E-state index contributed by atoms with van der Waals surface area (Å²) in [7, 11) is 0. The molecule has 0 N–H and O–H groups in total. The van der Waals surface area contributed by atoms with Crippen LogP contribution in [0, 0.1) is 0 Å². The Bertz CT molecular complexity index is 490. The van der Waals surface area contributed by atoms with E-state index >= 15 is 0 Å². The van der Waals surface area contributed by atoms with Gasteiger partial charge in [-0.3, -0.25) is 0 Å². The summed E-state index contributed by atoms with van der Waals surface area (Å²) in [5.41, 5.74) is 0. The van der Waals surface area contributed by atoms with Gasteiger partial charge in [-0.1, -0.05) is 77.7 Å². The molecule has 0 amide bonds. The molecule has 0 aromatic carbocycles. The SMILES string of the molecule is C=COOOOOOOOOOOOOOOOOOOOOOOOOOOCCCCCCCCCCCCC. The zero-order valence-corrected chi connectivity index (χ0v) is 21.8. The van der Waals surface area contributed by atoms with Gasteiger partial charge in [0.2, 0.25) is 0 Å². The van der Waals surface area contributed by atoms with E-state index in [-0.39, 0.29) is 6.61 Å². The van der Waals surface area contributed by atoms with Crippen LogP contribution < -0.4 is 0 Å². The van der Waals surface area contributed by atoms with Gasteiger partial charge in [0.05, 0.1) is 6.61 Å². The molecule has 42 heavy (non-hydrogen) atoms. The van der Waals surface area contributed by atoms with Crippen LogP contribution in [-0.2, 0) is 136 Å². The highest BCUT2D eigenvalue weighted by molar-refractivity contribution is 4.47. The molecule has 0 rings (SSSR count). The Morgan fingerprint density at radius 3 is 0.905 bits per heavy atom. The summed E-state index contributed by atoms with van der Waals surface area (Å²) >= 11 is 0. The van der Waals surface area contributed by atoms with Crippen LogP contribution in [0.5, 0.6) is 0 Å². The lowest BCUT2D eigenvalue weighted by atomic mass is 10.1. The molecule has 0 radical (unpaired) electrons. The summed E-state index contributed by atoms with van der Waals surface area (Å²) in [6.45, 7) is 5.57. The van der Waals surface area contributed by atoms with Crippen LogP contribution in [0.1, 0.15) is 77.6 Å². The van der Waals surface area contributed by atoms with E-state index < -0.39 is 0 Å². The fourth-order valence-corrected chi connectivity index (χ4v) is 2.18. The maximum Gasteiger partial charge on any atom is 0.125 e. The molecule has 0 fully saturated rings. The van der Waals surface area contributed by atoms with Crippen LogP contribution >= 0.6 is 0 Å². The Balaban J connectivity index is 3.02. The van der Waals surface area contributed by atoms with Gasteiger partial charge in [0.15, 0.2) is 0 Å². The lowest BCUT2D eigenvalue weighted by molar-refractivity contribution is -0.902. The van der Waals surface area contributed by atoms with Crippen molar-refractivity contribution >= 4 is 0 Å². The minimum absolute atomic E-state index is 0.275. The predicted octanol–water partition coefficient (Wildman–Crippen LogP) is 3.68. The highest BCUT2D eigenvalue weighted by Gasteiger charge is 2.02. The molecule has 0 aromatic rings. The first kappa shape index (κ1) is 40.5. The molecule has 0 aliphatic carbocycles. The minimum Gasteiger partial charge on any atom is -0.315 e. The highest BCUT2D eigenvalue weighted by atomic mass is 18.0. The van der Waals surface area contributed by atoms with Gasteiger partial charge in [-0.15, -0.1) is 0 Å². The molecule has 0 saturated carbocycles. The summed E-state index contributed by atoms with van der Waals surface area (Å²) in [4.78, 5) is 8.61. The highest BCUT2D eigenvalue weighted by Crippen LogP contribution is 2.11. The van der Waals surface area contributed by atoms with Gasteiger partial charge >= 0.3 is 0 Å². The van der Waals surface area contributed by atoms with E-state index in [2.05, 4.69) is 149 Å². The third-order valence-electron chi connectivity index (χ3n) is 3.65. The molecule has 0 bridgehead atoms. The van der Waals surface area contributed by atoms with Crippen LogP contribution in [0.4, 0.5) is 0 Å². The first-order valence-electron chi connectivity index (χ1n) is 11.5. The molecule has 0 aromatic heterocycles. The largest absolute Gasteiger partial charge is 0.315 e. The van der Waals surface area contributed by atoms with Crippen molar-refractivity contribution in [1.82, 2.24) is 0 Å². The van der Waals surface area contributed by atoms with E-state index in [1.165, 1.54) is 51.4 Å². The van der Waals surface area contributed by atoms with Gasteiger partial charge in [-0.05, 0) is 46.7 Å². The van der Waals surface area contributed by atoms with E-state index in [1.54, 1.807) is 0 Å². The van der Waals surface area contributed by atoms with Crippen LogP contribution in [0.25, 0.3) is 0 Å². The van der Waals surface area contributed by atoms with Crippen molar-refractivity contribution < 1.29 is 136 Å². The van der Waals surface area contributed by atoms with Crippen molar-refractivity contribution in [1.29, 1.82) is 0 Å². The van der Waals surface area contributed by atoms with Crippen molar-refractivity contribution in [2.24, 2.45) is 0 Å². The maximum absolute atomic E-state index is 4.65. The summed E-state index contributed by atoms with van der Waals surface area (Å²) in [5, 5.41) is 91.3. The van der Waals surface area contributed by atoms with Gasteiger partial charge in [0, 0.05) is 85.7 Å². The third-order valence-corrected chi connectivity index (χ3v) is 3.65. The Hall–Kier alpha value is -1.50. The topological polar surface area (TPSA) is 249 Å². The van der Waals surface area contributed by atoms with Gasteiger partial charge in [0.25, 0.3) is 0 Å². The molecule has 0 saturated heterocycles.